The van der Waals surface area contributed by atoms with E-state index < -0.39 is 0 Å². The van der Waals surface area contributed by atoms with Gasteiger partial charge in [-0.15, -0.1) is 0 Å². The second kappa shape index (κ2) is 5.47. The largest absolute Gasteiger partial charge is 0.319 e. The van der Waals surface area contributed by atoms with E-state index in [0.717, 1.165) is 22.2 Å². The Morgan fingerprint density at radius 3 is 2.71 bits per heavy atom. The Balaban J connectivity index is 2.17. The first-order valence-corrected chi connectivity index (χ1v) is 7.29. The first-order chi connectivity index (χ1) is 10.1. The number of nitrogens with two attached hydrogens (primary N) is 1. The van der Waals surface area contributed by atoms with Crippen molar-refractivity contribution in [3.8, 4) is 0 Å². The Morgan fingerprint density at radius 1 is 1.19 bits per heavy atom. The molecule has 4 nitrogen and oxygen atoms in total. The zero-order chi connectivity index (χ0) is 15.0. The molecule has 0 aliphatic heterocycles. The van der Waals surface area contributed by atoms with Crippen LogP contribution in [0.4, 0.5) is 0 Å². The van der Waals surface area contributed by atoms with E-state index in [1.54, 1.807) is 12.4 Å². The van der Waals surface area contributed by atoms with Crippen LogP contribution in [0.3, 0.4) is 0 Å². The zero-order valence-electron chi connectivity index (χ0n) is 12.0. The van der Waals surface area contributed by atoms with Crippen LogP contribution in [-0.2, 0) is 0 Å². The molecule has 1 unspecified atom stereocenters. The van der Waals surface area contributed by atoms with Crippen molar-refractivity contribution in [2.45, 2.75) is 25.9 Å². The summed E-state index contributed by atoms with van der Waals surface area (Å²) < 4.78 is 1.88. The van der Waals surface area contributed by atoms with Crippen LogP contribution in [0.2, 0.25) is 5.02 Å². The molecule has 3 aromatic rings. The first kappa shape index (κ1) is 14.0. The van der Waals surface area contributed by atoms with Crippen molar-refractivity contribution in [1.82, 2.24) is 14.8 Å². The Morgan fingerprint density at radius 2 is 1.95 bits per heavy atom. The number of pyridine rings is 1. The zero-order valence-corrected chi connectivity index (χ0v) is 12.7. The number of fused-ring (bicyclic) bond motifs is 1. The molecule has 1 atom stereocenters. The predicted molar refractivity (Wildman–Crippen MR) is 85.4 cm³/mol. The van der Waals surface area contributed by atoms with Gasteiger partial charge < -0.3 is 5.73 Å². The number of para-hydroxylation sites is 1. The number of halogens is 1. The molecule has 0 aliphatic carbocycles. The second-order valence-electron chi connectivity index (χ2n) is 5.31. The maximum absolute atomic E-state index is 6.49. The van der Waals surface area contributed by atoms with Crippen LogP contribution in [0, 0.1) is 0 Å². The highest BCUT2D eigenvalue weighted by atomic mass is 35.5. The summed E-state index contributed by atoms with van der Waals surface area (Å²) in [5.41, 5.74) is 9.26. The lowest BCUT2D eigenvalue weighted by atomic mass is 10.00. The van der Waals surface area contributed by atoms with Crippen LogP contribution in [-0.4, -0.2) is 14.8 Å². The molecule has 21 heavy (non-hydrogen) atoms. The van der Waals surface area contributed by atoms with E-state index in [2.05, 4.69) is 23.9 Å². The average Bonchev–Trinajstić information content (AvgIpc) is 2.88. The van der Waals surface area contributed by atoms with Gasteiger partial charge in [-0.3, -0.25) is 9.67 Å². The van der Waals surface area contributed by atoms with Crippen molar-refractivity contribution in [2.75, 3.05) is 0 Å². The standard InChI is InChI=1S/C16H17ClN4/c1-10(2)21-16(13(17)9-20-21)15(18)12-7-8-19-14-6-4-3-5-11(12)14/h3-10,15H,18H2,1-2H3. The second-order valence-corrected chi connectivity index (χ2v) is 5.72. The van der Waals surface area contributed by atoms with Crippen LogP contribution in [0.15, 0.2) is 42.7 Å². The SMILES string of the molecule is CC(C)n1ncc(Cl)c1C(N)c1ccnc2ccccc12. The third kappa shape index (κ3) is 2.41. The van der Waals surface area contributed by atoms with Crippen LogP contribution in [0.25, 0.3) is 10.9 Å². The minimum Gasteiger partial charge on any atom is -0.319 e. The lowest BCUT2D eigenvalue weighted by Gasteiger charge is -2.19. The molecule has 2 heterocycles. The minimum atomic E-state index is -0.338. The molecule has 0 bridgehead atoms. The molecular formula is C16H17ClN4. The molecule has 2 N–H and O–H groups in total. The Kier molecular flexibility index (Phi) is 3.66. The van der Waals surface area contributed by atoms with E-state index >= 15 is 0 Å². The predicted octanol–water partition coefficient (Wildman–Crippen LogP) is 3.71. The summed E-state index contributed by atoms with van der Waals surface area (Å²) in [6, 6.07) is 9.77. The fraction of sp³-hybridized carbons (Fsp3) is 0.250. The highest BCUT2D eigenvalue weighted by molar-refractivity contribution is 6.31. The summed E-state index contributed by atoms with van der Waals surface area (Å²) in [5, 5.41) is 5.97. The Hall–Kier alpha value is -1.91. The van der Waals surface area contributed by atoms with Gasteiger partial charge in [0.15, 0.2) is 0 Å². The summed E-state index contributed by atoms with van der Waals surface area (Å²) in [4.78, 5) is 4.37. The van der Waals surface area contributed by atoms with Crippen molar-refractivity contribution < 1.29 is 0 Å². The molecular weight excluding hydrogens is 284 g/mol. The maximum Gasteiger partial charge on any atom is 0.0837 e. The molecule has 0 aliphatic rings. The molecule has 5 heteroatoms. The van der Waals surface area contributed by atoms with Gasteiger partial charge in [-0.1, -0.05) is 29.8 Å². The van der Waals surface area contributed by atoms with Crippen molar-refractivity contribution in [2.24, 2.45) is 5.73 Å². The lowest BCUT2D eigenvalue weighted by molar-refractivity contribution is 0.500. The van der Waals surface area contributed by atoms with Crippen molar-refractivity contribution >= 4 is 22.5 Å². The smallest absolute Gasteiger partial charge is 0.0837 e. The molecule has 0 fully saturated rings. The van der Waals surface area contributed by atoms with Gasteiger partial charge in [0, 0.05) is 17.6 Å². The highest BCUT2D eigenvalue weighted by Gasteiger charge is 2.21. The van der Waals surface area contributed by atoms with Crippen LogP contribution in [0.1, 0.15) is 37.2 Å². The fourth-order valence-corrected chi connectivity index (χ4v) is 2.84. The Labute approximate surface area is 128 Å². The number of rotatable bonds is 3. The van der Waals surface area contributed by atoms with Gasteiger partial charge in [0.05, 0.1) is 28.5 Å². The molecule has 0 saturated heterocycles. The maximum atomic E-state index is 6.49. The van der Waals surface area contributed by atoms with E-state index in [4.69, 9.17) is 17.3 Å². The normalized spacial score (nSPS) is 13.0. The fourth-order valence-electron chi connectivity index (χ4n) is 2.59. The first-order valence-electron chi connectivity index (χ1n) is 6.91. The van der Waals surface area contributed by atoms with Gasteiger partial charge in [-0.05, 0) is 31.5 Å². The van der Waals surface area contributed by atoms with Gasteiger partial charge in [0.1, 0.15) is 0 Å². The van der Waals surface area contributed by atoms with Crippen molar-refractivity contribution in [1.29, 1.82) is 0 Å². The summed E-state index contributed by atoms with van der Waals surface area (Å²) in [7, 11) is 0. The van der Waals surface area contributed by atoms with Crippen LogP contribution >= 0.6 is 11.6 Å². The van der Waals surface area contributed by atoms with E-state index in [1.807, 2.05) is 35.0 Å². The number of hydrogen-bond donors (Lipinski definition) is 1. The van der Waals surface area contributed by atoms with Gasteiger partial charge in [-0.2, -0.15) is 5.10 Å². The van der Waals surface area contributed by atoms with Crippen molar-refractivity contribution in [3.63, 3.8) is 0 Å². The minimum absolute atomic E-state index is 0.201. The third-order valence-corrected chi connectivity index (χ3v) is 3.88. The summed E-state index contributed by atoms with van der Waals surface area (Å²) in [6.45, 7) is 4.12. The average molecular weight is 301 g/mol. The van der Waals surface area contributed by atoms with Crippen LogP contribution in [0.5, 0.6) is 0 Å². The molecule has 0 spiro atoms. The monoisotopic (exact) mass is 300 g/mol. The molecule has 1 aromatic carbocycles. The summed E-state index contributed by atoms with van der Waals surface area (Å²) in [5.74, 6) is 0. The van der Waals surface area contributed by atoms with E-state index in [1.165, 1.54) is 0 Å². The van der Waals surface area contributed by atoms with E-state index in [0.29, 0.717) is 5.02 Å². The molecule has 0 radical (unpaired) electrons. The van der Waals surface area contributed by atoms with Gasteiger partial charge in [-0.25, -0.2) is 0 Å². The number of aromatic nitrogens is 3. The molecule has 0 amide bonds. The summed E-state index contributed by atoms with van der Waals surface area (Å²) in [6.07, 6.45) is 3.43. The van der Waals surface area contributed by atoms with Crippen molar-refractivity contribution in [3.05, 3.63) is 59.0 Å². The number of nitrogens with zero attached hydrogens (tertiary/aromatic N) is 3. The topological polar surface area (TPSA) is 56.7 Å². The summed E-state index contributed by atoms with van der Waals surface area (Å²) >= 11 is 6.31. The van der Waals surface area contributed by atoms with Gasteiger partial charge >= 0.3 is 0 Å². The molecule has 0 saturated carbocycles. The lowest BCUT2D eigenvalue weighted by Crippen LogP contribution is -2.19. The Bertz CT molecular complexity index is 774. The highest BCUT2D eigenvalue weighted by Crippen LogP contribution is 2.31. The molecule has 2 aromatic heterocycles. The van der Waals surface area contributed by atoms with Gasteiger partial charge in [0.2, 0.25) is 0 Å². The van der Waals surface area contributed by atoms with Crippen LogP contribution < -0.4 is 5.73 Å². The molecule has 3 rings (SSSR count). The molecule has 108 valence electrons. The third-order valence-electron chi connectivity index (χ3n) is 3.59. The number of hydrogen-bond acceptors (Lipinski definition) is 3. The van der Waals surface area contributed by atoms with E-state index in [9.17, 15) is 0 Å². The van der Waals surface area contributed by atoms with E-state index in [-0.39, 0.29) is 12.1 Å². The quantitative estimate of drug-likeness (QED) is 0.802. The van der Waals surface area contributed by atoms with Gasteiger partial charge in [0.25, 0.3) is 0 Å². The number of benzene rings is 1.